The van der Waals surface area contributed by atoms with Crippen molar-refractivity contribution in [1.29, 1.82) is 0 Å². The summed E-state index contributed by atoms with van der Waals surface area (Å²) in [6.45, 7) is 9.58. The van der Waals surface area contributed by atoms with Gasteiger partial charge in [-0.15, -0.1) is 11.3 Å². The molecule has 1 aliphatic carbocycles. The Labute approximate surface area is 308 Å². The highest BCUT2D eigenvalue weighted by Gasteiger charge is 2.41. The Morgan fingerprint density at radius 2 is 1.17 bits per heavy atom. The molecule has 0 atom stereocenters. The molecule has 252 valence electrons. The lowest BCUT2D eigenvalue weighted by Crippen LogP contribution is -2.17. The fourth-order valence-electron chi connectivity index (χ4n) is 9.14. The summed E-state index contributed by atoms with van der Waals surface area (Å²) in [5, 5.41) is 4.86. The van der Waals surface area contributed by atoms with Crippen LogP contribution in [0.3, 0.4) is 0 Å². The third-order valence-electron chi connectivity index (χ3n) is 11.3. The number of thiophene rings is 1. The van der Waals surface area contributed by atoms with E-state index >= 15 is 0 Å². The van der Waals surface area contributed by atoms with Crippen LogP contribution < -0.4 is 4.90 Å². The van der Waals surface area contributed by atoms with Crippen LogP contribution in [-0.4, -0.2) is 0 Å². The van der Waals surface area contributed by atoms with Crippen LogP contribution in [-0.2, 0) is 10.8 Å². The van der Waals surface area contributed by atoms with E-state index in [0.29, 0.717) is 0 Å². The van der Waals surface area contributed by atoms with Crippen molar-refractivity contribution in [1.82, 2.24) is 0 Å². The number of anilines is 3. The van der Waals surface area contributed by atoms with Crippen molar-refractivity contribution >= 4 is 70.5 Å². The minimum atomic E-state index is 0.112. The summed E-state index contributed by atoms with van der Waals surface area (Å²) in [6.07, 6.45) is 1.14. The average molecular weight is 690 g/mol. The van der Waals surface area contributed by atoms with E-state index < -0.39 is 0 Å². The van der Waals surface area contributed by atoms with Crippen LogP contribution in [0.4, 0.5) is 17.1 Å². The van der Waals surface area contributed by atoms with Crippen molar-refractivity contribution in [3.05, 3.63) is 163 Å². The van der Waals surface area contributed by atoms with Gasteiger partial charge in [0.05, 0.1) is 5.69 Å². The van der Waals surface area contributed by atoms with Crippen LogP contribution >= 0.6 is 11.3 Å². The van der Waals surface area contributed by atoms with Gasteiger partial charge in [0.2, 0.25) is 0 Å². The molecule has 0 amide bonds. The standard InChI is InChI=1S/C49H39NOS/c1-48(2)30-49(3,4)42-28-32(23-25-41(42)48)35-15-5-8-20-43(35)50(34-24-26-46-40(29-34)38-17-7-10-22-45(38)52-46)33-14-11-13-31(27-33)36-18-12-19-39-37-16-6-9-21-44(37)51-47(36)39/h5-29H,30H2,1-4H3. The Kier molecular flexibility index (Phi) is 6.84. The van der Waals surface area contributed by atoms with Gasteiger partial charge in [0.25, 0.3) is 0 Å². The number of nitrogens with zero attached hydrogens (tertiary/aromatic N) is 1. The Bertz CT molecular complexity index is 2850. The molecule has 3 heteroatoms. The molecule has 0 N–H and O–H groups in total. The van der Waals surface area contributed by atoms with Crippen LogP contribution in [0.15, 0.2) is 156 Å². The molecule has 0 unspecified atom stereocenters. The quantitative estimate of drug-likeness (QED) is 0.179. The molecule has 0 radical (unpaired) electrons. The molecule has 0 saturated carbocycles. The monoisotopic (exact) mass is 689 g/mol. The van der Waals surface area contributed by atoms with Gasteiger partial charge in [-0.25, -0.2) is 0 Å². The first-order valence-corrected chi connectivity index (χ1v) is 19.0. The molecule has 0 bridgehead atoms. The van der Waals surface area contributed by atoms with Crippen molar-refractivity contribution in [2.45, 2.75) is 44.9 Å². The van der Waals surface area contributed by atoms with Crippen LogP contribution in [0.25, 0.3) is 64.4 Å². The molecular weight excluding hydrogens is 651 g/mol. The highest BCUT2D eigenvalue weighted by Crippen LogP contribution is 2.51. The molecule has 9 aromatic rings. The van der Waals surface area contributed by atoms with Crippen LogP contribution in [0.5, 0.6) is 0 Å². The first-order chi connectivity index (χ1) is 25.2. The number of hydrogen-bond acceptors (Lipinski definition) is 3. The fourth-order valence-corrected chi connectivity index (χ4v) is 10.2. The van der Waals surface area contributed by atoms with Gasteiger partial charge in [-0.1, -0.05) is 131 Å². The van der Waals surface area contributed by atoms with Gasteiger partial charge in [0.1, 0.15) is 11.2 Å². The number of fused-ring (bicyclic) bond motifs is 7. The number of para-hydroxylation sites is 3. The van der Waals surface area contributed by atoms with Gasteiger partial charge >= 0.3 is 0 Å². The Balaban J connectivity index is 1.19. The summed E-state index contributed by atoms with van der Waals surface area (Å²) >= 11 is 1.86. The molecule has 2 aromatic heterocycles. The van der Waals surface area contributed by atoms with E-state index in [-0.39, 0.29) is 10.8 Å². The molecule has 7 aromatic carbocycles. The number of rotatable bonds is 5. The zero-order valence-corrected chi connectivity index (χ0v) is 30.7. The van der Waals surface area contributed by atoms with E-state index in [0.717, 1.165) is 56.5 Å². The topological polar surface area (TPSA) is 16.4 Å². The third-order valence-corrected chi connectivity index (χ3v) is 12.4. The largest absolute Gasteiger partial charge is 0.455 e. The second-order valence-electron chi connectivity index (χ2n) is 15.7. The SMILES string of the molecule is CC1(C)CC(C)(C)c2cc(-c3ccccc3N(c3cccc(-c4cccc5c4oc4ccccc45)c3)c3ccc4sc5ccccc5c4c3)ccc21. The Morgan fingerprint density at radius 1 is 0.500 bits per heavy atom. The highest BCUT2D eigenvalue weighted by molar-refractivity contribution is 7.25. The lowest BCUT2D eigenvalue weighted by Gasteiger charge is -2.29. The van der Waals surface area contributed by atoms with Gasteiger partial charge < -0.3 is 9.32 Å². The molecule has 0 aliphatic heterocycles. The van der Waals surface area contributed by atoms with Crippen molar-refractivity contribution in [2.75, 3.05) is 4.90 Å². The number of furan rings is 1. The normalized spacial score (nSPS) is 14.8. The summed E-state index contributed by atoms with van der Waals surface area (Å²) in [5.74, 6) is 0. The second kappa shape index (κ2) is 11.4. The maximum absolute atomic E-state index is 6.52. The van der Waals surface area contributed by atoms with Crippen LogP contribution in [0.2, 0.25) is 0 Å². The predicted molar refractivity (Wildman–Crippen MR) is 223 cm³/mol. The summed E-state index contributed by atoms with van der Waals surface area (Å²) in [7, 11) is 0. The van der Waals surface area contributed by atoms with Crippen molar-refractivity contribution < 1.29 is 4.42 Å². The summed E-state index contributed by atoms with van der Waals surface area (Å²) in [4.78, 5) is 2.45. The van der Waals surface area contributed by atoms with E-state index in [2.05, 4.69) is 178 Å². The van der Waals surface area contributed by atoms with Gasteiger partial charge in [-0.2, -0.15) is 0 Å². The lowest BCUT2D eigenvalue weighted by molar-refractivity contribution is 0.403. The molecule has 2 nitrogen and oxygen atoms in total. The minimum absolute atomic E-state index is 0.112. The molecule has 0 fully saturated rings. The van der Waals surface area contributed by atoms with Crippen LogP contribution in [0.1, 0.15) is 45.2 Å². The summed E-state index contributed by atoms with van der Waals surface area (Å²) in [5.41, 5.74) is 13.1. The lowest BCUT2D eigenvalue weighted by atomic mass is 9.82. The second-order valence-corrected chi connectivity index (χ2v) is 16.8. The Morgan fingerprint density at radius 3 is 2.08 bits per heavy atom. The maximum Gasteiger partial charge on any atom is 0.143 e. The zero-order valence-electron chi connectivity index (χ0n) is 29.9. The smallest absolute Gasteiger partial charge is 0.143 e. The first-order valence-electron chi connectivity index (χ1n) is 18.2. The highest BCUT2D eigenvalue weighted by atomic mass is 32.1. The number of benzene rings is 7. The fraction of sp³-hybridized carbons (Fsp3) is 0.143. The molecule has 0 saturated heterocycles. The molecule has 2 heterocycles. The number of hydrogen-bond donors (Lipinski definition) is 0. The van der Waals surface area contributed by atoms with Gasteiger partial charge in [0.15, 0.2) is 0 Å². The zero-order chi connectivity index (χ0) is 35.2. The van der Waals surface area contributed by atoms with E-state index in [1.54, 1.807) is 0 Å². The van der Waals surface area contributed by atoms with Gasteiger partial charge in [-0.3, -0.25) is 0 Å². The first kappa shape index (κ1) is 31.1. The molecule has 0 spiro atoms. The maximum atomic E-state index is 6.52. The predicted octanol–water partition coefficient (Wildman–Crippen LogP) is 14.7. The summed E-state index contributed by atoms with van der Waals surface area (Å²) < 4.78 is 9.13. The van der Waals surface area contributed by atoms with Crippen molar-refractivity contribution in [2.24, 2.45) is 0 Å². The van der Waals surface area contributed by atoms with E-state index in [1.807, 2.05) is 17.4 Å². The van der Waals surface area contributed by atoms with Crippen molar-refractivity contribution in [3.63, 3.8) is 0 Å². The van der Waals surface area contributed by atoms with Crippen molar-refractivity contribution in [3.8, 4) is 22.3 Å². The van der Waals surface area contributed by atoms with E-state index in [4.69, 9.17) is 4.42 Å². The van der Waals surface area contributed by atoms with Gasteiger partial charge in [0, 0.05) is 53.4 Å². The minimum Gasteiger partial charge on any atom is -0.455 e. The Hall–Kier alpha value is -5.64. The van der Waals surface area contributed by atoms with Crippen LogP contribution in [0, 0.1) is 0 Å². The molecule has 1 aliphatic rings. The molecular formula is C49H39NOS. The summed E-state index contributed by atoms with van der Waals surface area (Å²) in [6, 6.07) is 55.6. The van der Waals surface area contributed by atoms with E-state index in [1.165, 1.54) is 42.4 Å². The molecule has 10 rings (SSSR count). The van der Waals surface area contributed by atoms with E-state index in [9.17, 15) is 0 Å². The third kappa shape index (κ3) is 4.83. The van der Waals surface area contributed by atoms with Gasteiger partial charge in [-0.05, 0) is 88.0 Å². The molecule has 52 heavy (non-hydrogen) atoms. The average Bonchev–Trinajstić information content (AvgIpc) is 3.78.